The number of rotatable bonds is 11. The second-order valence-corrected chi connectivity index (χ2v) is 14.9. The number of carbonyl (C=O) groups excluding carboxylic acids is 2. The summed E-state index contributed by atoms with van der Waals surface area (Å²) in [6.45, 7) is 12.4. The summed E-state index contributed by atoms with van der Waals surface area (Å²) in [5.74, 6) is 0.356. The van der Waals surface area contributed by atoms with Crippen LogP contribution in [0.1, 0.15) is 65.3 Å². The average Bonchev–Trinajstić information content (AvgIpc) is 2.99. The zero-order valence-electron chi connectivity index (χ0n) is 27.7. The maximum absolute atomic E-state index is 13.7. The molecule has 46 heavy (non-hydrogen) atoms. The van der Waals surface area contributed by atoms with E-state index in [1.54, 1.807) is 11.0 Å². The molecule has 0 radical (unpaired) electrons. The first-order chi connectivity index (χ1) is 21.9. The fraction of sp³-hybridized carbons (Fsp3) is 0.606. The maximum atomic E-state index is 13.7. The van der Waals surface area contributed by atoms with Crippen molar-refractivity contribution in [2.75, 3.05) is 57.0 Å². The Labute approximate surface area is 272 Å². The summed E-state index contributed by atoms with van der Waals surface area (Å²) in [6.07, 6.45) is 5.51. The van der Waals surface area contributed by atoms with Crippen molar-refractivity contribution in [3.8, 4) is 5.75 Å². The molecule has 252 valence electrons. The smallest absolute Gasteiger partial charge is 0.253 e. The van der Waals surface area contributed by atoms with Crippen molar-refractivity contribution in [2.24, 2.45) is 0 Å². The van der Waals surface area contributed by atoms with Gasteiger partial charge in [-0.25, -0.2) is 8.42 Å². The van der Waals surface area contributed by atoms with Crippen molar-refractivity contribution in [1.82, 2.24) is 24.4 Å². The van der Waals surface area contributed by atoms with E-state index in [4.69, 9.17) is 4.74 Å². The summed E-state index contributed by atoms with van der Waals surface area (Å²) >= 11 is 0. The van der Waals surface area contributed by atoms with Crippen molar-refractivity contribution in [3.05, 3.63) is 56.5 Å². The number of piperidine rings is 1. The monoisotopic (exact) mass is 656 g/mol. The molecule has 0 unspecified atom stereocenters. The van der Waals surface area contributed by atoms with Gasteiger partial charge in [0.05, 0.1) is 6.26 Å². The van der Waals surface area contributed by atoms with Gasteiger partial charge in [0.1, 0.15) is 11.9 Å². The highest BCUT2D eigenvalue weighted by Crippen LogP contribution is 2.36. The van der Waals surface area contributed by atoms with Crippen molar-refractivity contribution in [1.29, 1.82) is 0 Å². The summed E-state index contributed by atoms with van der Waals surface area (Å²) in [5.41, 5.74) is 4.21. The topological polar surface area (TPSA) is 135 Å². The first-order valence-corrected chi connectivity index (χ1v) is 18.2. The van der Waals surface area contributed by atoms with Crippen LogP contribution >= 0.6 is 0 Å². The van der Waals surface area contributed by atoms with Crippen LogP contribution in [0.15, 0.2) is 23.0 Å². The SMILES string of the molecule is CCN(c1cc(OC2CC(N3CCN(S(C)(=O)=O)CC3)C2)cc(C(=O)NCc2c(C)cc(C)[nH]c2=O)c1C)C1CCN(C=O)CC1. The second-order valence-electron chi connectivity index (χ2n) is 13.0. The molecule has 1 aliphatic carbocycles. The lowest BCUT2D eigenvalue weighted by Gasteiger charge is -2.45. The average molecular weight is 657 g/mol. The number of nitrogens with zero attached hydrogens (tertiary/aromatic N) is 4. The molecular weight excluding hydrogens is 608 g/mol. The molecule has 1 aromatic heterocycles. The van der Waals surface area contributed by atoms with Crippen LogP contribution < -0.4 is 20.5 Å². The standard InChI is InChI=1S/C33H48N6O6S/c1-6-39(25-7-9-36(21-40)10-8-25)31-19-28(45-27-16-26(17-27)37-11-13-38(14-12-37)46(5,43)44)18-29(24(31)4)32(41)34-20-30-22(2)15-23(3)35-33(30)42/h15,18-19,21,25-27H,6-14,16-17,20H2,1-5H3,(H,34,41)(H,35,42). The highest BCUT2D eigenvalue weighted by Gasteiger charge is 2.38. The van der Waals surface area contributed by atoms with Crippen molar-refractivity contribution >= 4 is 28.0 Å². The van der Waals surface area contributed by atoms with Crippen LogP contribution in [0.2, 0.25) is 0 Å². The van der Waals surface area contributed by atoms with E-state index in [2.05, 4.69) is 27.0 Å². The van der Waals surface area contributed by atoms with Crippen LogP contribution in [-0.2, 0) is 21.4 Å². The fourth-order valence-electron chi connectivity index (χ4n) is 7.09. The highest BCUT2D eigenvalue weighted by atomic mass is 32.2. The largest absolute Gasteiger partial charge is 0.490 e. The number of nitrogens with one attached hydrogen (secondary N) is 2. The van der Waals surface area contributed by atoms with Crippen LogP contribution in [0, 0.1) is 20.8 Å². The summed E-state index contributed by atoms with van der Waals surface area (Å²) in [4.78, 5) is 47.0. The molecule has 5 rings (SSSR count). The molecule has 2 amide bonds. The number of amides is 2. The number of hydrogen-bond acceptors (Lipinski definition) is 8. The number of likely N-dealkylation sites (tertiary alicyclic amines) is 1. The Morgan fingerprint density at radius 3 is 2.33 bits per heavy atom. The minimum Gasteiger partial charge on any atom is -0.490 e. The van der Waals surface area contributed by atoms with Gasteiger partial charge < -0.3 is 24.8 Å². The molecule has 2 aromatic rings. The van der Waals surface area contributed by atoms with Gasteiger partial charge in [-0.3, -0.25) is 19.3 Å². The molecule has 3 heterocycles. The predicted octanol–water partition coefficient (Wildman–Crippen LogP) is 2.16. The number of aromatic nitrogens is 1. The van der Waals surface area contributed by atoms with Crippen molar-refractivity contribution in [2.45, 2.75) is 78.1 Å². The zero-order valence-corrected chi connectivity index (χ0v) is 28.5. The van der Waals surface area contributed by atoms with E-state index in [0.29, 0.717) is 62.2 Å². The number of anilines is 1. The lowest BCUT2D eigenvalue weighted by Crippen LogP contribution is -2.56. The number of carbonyl (C=O) groups is 2. The molecule has 12 nitrogen and oxygen atoms in total. The Hall–Kier alpha value is -3.42. The van der Waals surface area contributed by atoms with Gasteiger partial charge in [-0.15, -0.1) is 0 Å². The first kappa shape index (κ1) is 33.9. The molecule has 0 bridgehead atoms. The van der Waals surface area contributed by atoms with Crippen LogP contribution in [-0.4, -0.2) is 110 Å². The fourth-order valence-corrected chi connectivity index (χ4v) is 7.92. The number of pyridine rings is 1. The molecule has 2 aliphatic heterocycles. The van der Waals surface area contributed by atoms with E-state index in [-0.39, 0.29) is 30.2 Å². The van der Waals surface area contributed by atoms with Gasteiger partial charge >= 0.3 is 0 Å². The molecule has 2 saturated heterocycles. The van der Waals surface area contributed by atoms with Gasteiger partial charge in [0, 0.05) is 106 Å². The summed E-state index contributed by atoms with van der Waals surface area (Å²) in [6, 6.07) is 6.30. The maximum Gasteiger partial charge on any atom is 0.253 e. The predicted molar refractivity (Wildman–Crippen MR) is 178 cm³/mol. The van der Waals surface area contributed by atoms with Crippen LogP contribution in [0.25, 0.3) is 0 Å². The van der Waals surface area contributed by atoms with Crippen LogP contribution in [0.3, 0.4) is 0 Å². The molecule has 3 fully saturated rings. The van der Waals surface area contributed by atoms with E-state index in [1.807, 2.05) is 32.9 Å². The van der Waals surface area contributed by atoms with Gasteiger partial charge in [-0.05, 0) is 63.8 Å². The Morgan fingerprint density at radius 1 is 1.07 bits per heavy atom. The van der Waals surface area contributed by atoms with Gasteiger partial charge in [-0.1, -0.05) is 0 Å². The van der Waals surface area contributed by atoms with E-state index >= 15 is 0 Å². The van der Waals surface area contributed by atoms with E-state index < -0.39 is 10.0 Å². The van der Waals surface area contributed by atoms with Gasteiger partial charge in [0.15, 0.2) is 0 Å². The number of hydrogen-bond donors (Lipinski definition) is 2. The Morgan fingerprint density at radius 2 is 1.74 bits per heavy atom. The molecule has 0 atom stereocenters. The Bertz CT molecular complexity index is 1590. The minimum absolute atomic E-state index is 0.0101. The zero-order chi connectivity index (χ0) is 33.2. The second kappa shape index (κ2) is 14.1. The van der Waals surface area contributed by atoms with E-state index in [9.17, 15) is 22.8 Å². The third kappa shape index (κ3) is 7.58. The molecular formula is C33H48N6O6S. The number of ether oxygens (including phenoxy) is 1. The summed E-state index contributed by atoms with van der Waals surface area (Å²) < 4.78 is 31.9. The minimum atomic E-state index is -3.17. The molecule has 0 spiro atoms. The Balaban J connectivity index is 1.34. The highest BCUT2D eigenvalue weighted by molar-refractivity contribution is 7.88. The summed E-state index contributed by atoms with van der Waals surface area (Å²) in [7, 11) is -3.17. The lowest BCUT2D eigenvalue weighted by atomic mass is 9.87. The van der Waals surface area contributed by atoms with Crippen molar-refractivity contribution in [3.63, 3.8) is 0 Å². The third-order valence-electron chi connectivity index (χ3n) is 9.89. The van der Waals surface area contributed by atoms with E-state index in [0.717, 1.165) is 61.1 Å². The van der Waals surface area contributed by atoms with Gasteiger partial charge in [0.25, 0.3) is 11.5 Å². The quantitative estimate of drug-likeness (QED) is 0.352. The molecule has 3 aliphatic rings. The number of benzene rings is 1. The number of aromatic amines is 1. The molecule has 1 aromatic carbocycles. The number of aryl methyl sites for hydroxylation is 2. The number of piperazine rings is 1. The van der Waals surface area contributed by atoms with Gasteiger partial charge in [-0.2, -0.15) is 4.31 Å². The van der Waals surface area contributed by atoms with Crippen molar-refractivity contribution < 1.29 is 22.7 Å². The third-order valence-corrected chi connectivity index (χ3v) is 11.2. The number of sulfonamides is 1. The Kier molecular flexibility index (Phi) is 10.4. The molecule has 2 N–H and O–H groups in total. The first-order valence-electron chi connectivity index (χ1n) is 16.3. The lowest BCUT2D eigenvalue weighted by molar-refractivity contribution is -0.119. The summed E-state index contributed by atoms with van der Waals surface area (Å²) in [5, 5.41) is 2.98. The molecule has 13 heteroatoms. The number of H-pyrrole nitrogens is 1. The normalized spacial score (nSPS) is 21.5. The van der Waals surface area contributed by atoms with E-state index in [1.165, 1.54) is 10.6 Å². The van der Waals surface area contributed by atoms with Gasteiger partial charge in [0.2, 0.25) is 16.4 Å². The van der Waals surface area contributed by atoms with Crippen LogP contribution in [0.5, 0.6) is 5.75 Å². The molecule has 1 saturated carbocycles. The van der Waals surface area contributed by atoms with Crippen LogP contribution in [0.4, 0.5) is 5.69 Å².